The molecule has 0 bridgehead atoms. The molecule has 0 fully saturated rings. The summed E-state index contributed by atoms with van der Waals surface area (Å²) >= 11 is 0. The molecule has 7 nitrogen and oxygen atoms in total. The van der Waals surface area contributed by atoms with Gasteiger partial charge in [0.1, 0.15) is 17.5 Å². The molecule has 0 radical (unpaired) electrons. The lowest BCUT2D eigenvalue weighted by atomic mass is 10.1. The van der Waals surface area contributed by atoms with Crippen LogP contribution in [0, 0.1) is 13.8 Å². The molecule has 2 aromatic rings. The van der Waals surface area contributed by atoms with E-state index in [1.54, 1.807) is 31.2 Å². The van der Waals surface area contributed by atoms with E-state index in [0.717, 1.165) is 11.1 Å². The number of nitrogens with one attached hydrogen (secondary N) is 2. The quantitative estimate of drug-likeness (QED) is 0.617. The van der Waals surface area contributed by atoms with E-state index >= 15 is 0 Å². The van der Waals surface area contributed by atoms with E-state index in [1.807, 2.05) is 58.9 Å². The second kappa shape index (κ2) is 11.2. The van der Waals surface area contributed by atoms with E-state index in [4.69, 9.17) is 0 Å². The van der Waals surface area contributed by atoms with Crippen LogP contribution in [0.5, 0.6) is 0 Å². The Morgan fingerprint density at radius 1 is 0.909 bits per heavy atom. The summed E-state index contributed by atoms with van der Waals surface area (Å²) in [5.41, 5.74) is 2.73. The van der Waals surface area contributed by atoms with Gasteiger partial charge in [0, 0.05) is 27.7 Å². The zero-order chi connectivity index (χ0) is 24.8. The highest BCUT2D eigenvalue weighted by Gasteiger charge is 2.30. The predicted octanol–water partition coefficient (Wildman–Crippen LogP) is 3.33. The summed E-state index contributed by atoms with van der Waals surface area (Å²) in [6.07, 6.45) is 0. The van der Waals surface area contributed by atoms with E-state index in [-0.39, 0.29) is 17.4 Å². The minimum absolute atomic E-state index is 0.316. The molecule has 2 aromatic carbocycles. The Bertz CT molecular complexity index is 1010. The average Bonchev–Trinajstić information content (AvgIpc) is 2.69. The van der Waals surface area contributed by atoms with Crippen LogP contribution < -0.4 is 15.5 Å². The van der Waals surface area contributed by atoms with E-state index in [2.05, 4.69) is 10.6 Å². The minimum Gasteiger partial charge on any atom is -0.350 e. The molecule has 178 valence electrons. The first kappa shape index (κ1) is 26.3. The third kappa shape index (κ3) is 8.46. The van der Waals surface area contributed by atoms with E-state index < -0.39 is 34.2 Å². The van der Waals surface area contributed by atoms with Crippen LogP contribution in [0.2, 0.25) is 0 Å². The molecule has 2 rings (SSSR count). The van der Waals surface area contributed by atoms with Gasteiger partial charge in [-0.05, 0) is 65.8 Å². The molecule has 0 saturated heterocycles. The van der Waals surface area contributed by atoms with Gasteiger partial charge in [-0.3, -0.25) is 23.5 Å². The highest BCUT2D eigenvalue weighted by molar-refractivity contribution is 7.86. The van der Waals surface area contributed by atoms with Crippen LogP contribution in [0.15, 0.2) is 48.5 Å². The van der Waals surface area contributed by atoms with Gasteiger partial charge in [0.05, 0.1) is 0 Å². The largest absolute Gasteiger partial charge is 0.350 e. The fraction of sp³-hybridized carbons (Fsp3) is 0.400. The smallest absolute Gasteiger partial charge is 0.243 e. The first-order valence-electron chi connectivity index (χ1n) is 10.8. The number of amides is 3. The molecular weight excluding hydrogens is 438 g/mol. The van der Waals surface area contributed by atoms with Gasteiger partial charge in [-0.25, -0.2) is 0 Å². The number of nitrogens with zero attached hydrogens (tertiary/aromatic N) is 1. The lowest BCUT2D eigenvalue weighted by Crippen LogP contribution is -2.53. The molecule has 2 unspecified atom stereocenters. The number of hydrogen-bond acceptors (Lipinski definition) is 4. The van der Waals surface area contributed by atoms with E-state index in [0.29, 0.717) is 11.4 Å². The maximum Gasteiger partial charge on any atom is 0.243 e. The predicted molar refractivity (Wildman–Crippen MR) is 134 cm³/mol. The first-order valence-corrected chi connectivity index (χ1v) is 12.3. The molecular formula is C25H33N3O4S. The Morgan fingerprint density at radius 3 is 1.94 bits per heavy atom. The molecule has 0 saturated carbocycles. The standard InChI is InChI=1S/C25H33N3O4S/c1-17-7-11-20(12-8-17)26-22(29)15-33(32)16-23(30)28(21-13-9-18(2)10-14-21)19(3)24(31)27-25(4,5)6/h7-14,19H,15-16H2,1-6H3,(H,26,29)(H,27,31). The van der Waals surface area contributed by atoms with Crippen LogP contribution in [-0.2, 0) is 25.2 Å². The molecule has 0 spiro atoms. The van der Waals surface area contributed by atoms with Crippen molar-refractivity contribution in [3.8, 4) is 0 Å². The fourth-order valence-corrected chi connectivity index (χ4v) is 4.00. The van der Waals surface area contributed by atoms with Gasteiger partial charge < -0.3 is 10.6 Å². The SMILES string of the molecule is Cc1ccc(NC(=O)CS(=O)CC(=O)N(c2ccc(C)cc2)C(C)C(=O)NC(C)(C)C)cc1. The molecule has 2 atom stereocenters. The van der Waals surface area contributed by atoms with Crippen molar-refractivity contribution in [1.82, 2.24) is 5.32 Å². The van der Waals surface area contributed by atoms with E-state index in [1.165, 1.54) is 4.90 Å². The molecule has 0 aromatic heterocycles. The van der Waals surface area contributed by atoms with Gasteiger partial charge in [0.15, 0.2) is 0 Å². The number of anilines is 2. The first-order chi connectivity index (χ1) is 15.4. The number of aryl methyl sites for hydroxylation is 2. The van der Waals surface area contributed by atoms with Crippen molar-refractivity contribution in [2.75, 3.05) is 21.7 Å². The van der Waals surface area contributed by atoms with Gasteiger partial charge >= 0.3 is 0 Å². The van der Waals surface area contributed by atoms with Crippen molar-refractivity contribution < 1.29 is 18.6 Å². The van der Waals surface area contributed by atoms with Crippen LogP contribution in [0.1, 0.15) is 38.8 Å². The molecule has 0 aliphatic carbocycles. The molecule has 0 aliphatic rings. The molecule has 0 heterocycles. The fourth-order valence-electron chi connectivity index (χ4n) is 3.12. The Hall–Kier alpha value is -3.00. The van der Waals surface area contributed by atoms with Crippen LogP contribution in [0.25, 0.3) is 0 Å². The lowest BCUT2D eigenvalue weighted by molar-refractivity contribution is -0.126. The summed E-state index contributed by atoms with van der Waals surface area (Å²) in [7, 11) is -1.74. The van der Waals surface area contributed by atoms with E-state index in [9.17, 15) is 18.6 Å². The monoisotopic (exact) mass is 471 g/mol. The summed E-state index contributed by atoms with van der Waals surface area (Å²) in [5, 5.41) is 5.57. The summed E-state index contributed by atoms with van der Waals surface area (Å²) in [6, 6.07) is 13.6. The Balaban J connectivity index is 2.12. The Morgan fingerprint density at radius 2 is 1.42 bits per heavy atom. The molecule has 3 amide bonds. The highest BCUT2D eigenvalue weighted by Crippen LogP contribution is 2.19. The second-order valence-corrected chi connectivity index (χ2v) is 10.6. The van der Waals surface area contributed by atoms with Gasteiger partial charge in [-0.2, -0.15) is 0 Å². The van der Waals surface area contributed by atoms with Crippen LogP contribution >= 0.6 is 0 Å². The third-order valence-corrected chi connectivity index (χ3v) is 5.91. The average molecular weight is 472 g/mol. The lowest BCUT2D eigenvalue weighted by Gasteiger charge is -2.31. The molecule has 2 N–H and O–H groups in total. The van der Waals surface area contributed by atoms with Crippen LogP contribution in [0.3, 0.4) is 0 Å². The van der Waals surface area contributed by atoms with Crippen molar-refractivity contribution >= 4 is 39.9 Å². The summed E-state index contributed by atoms with van der Waals surface area (Å²) < 4.78 is 12.6. The second-order valence-electron chi connectivity index (χ2n) is 9.16. The van der Waals surface area contributed by atoms with Gasteiger partial charge in [-0.1, -0.05) is 35.4 Å². The van der Waals surface area contributed by atoms with Crippen molar-refractivity contribution in [2.24, 2.45) is 0 Å². The molecule has 8 heteroatoms. The zero-order valence-corrected chi connectivity index (χ0v) is 20.9. The van der Waals surface area contributed by atoms with Gasteiger partial charge in [-0.15, -0.1) is 0 Å². The third-order valence-electron chi connectivity index (χ3n) is 4.76. The van der Waals surface area contributed by atoms with Gasteiger partial charge in [0.2, 0.25) is 17.7 Å². The van der Waals surface area contributed by atoms with Crippen LogP contribution in [0.4, 0.5) is 11.4 Å². The van der Waals surface area contributed by atoms with Crippen molar-refractivity contribution in [2.45, 2.75) is 53.1 Å². The van der Waals surface area contributed by atoms with Gasteiger partial charge in [0.25, 0.3) is 0 Å². The molecule has 0 aliphatic heterocycles. The van der Waals surface area contributed by atoms with Crippen molar-refractivity contribution in [1.29, 1.82) is 0 Å². The Labute approximate surface area is 198 Å². The zero-order valence-electron chi connectivity index (χ0n) is 20.1. The van der Waals surface area contributed by atoms with Crippen molar-refractivity contribution in [3.05, 3.63) is 59.7 Å². The molecule has 33 heavy (non-hydrogen) atoms. The van der Waals surface area contributed by atoms with Crippen molar-refractivity contribution in [3.63, 3.8) is 0 Å². The topological polar surface area (TPSA) is 95.6 Å². The maximum atomic E-state index is 13.1. The number of rotatable bonds is 8. The van der Waals surface area contributed by atoms with Crippen LogP contribution in [-0.4, -0.2) is 45.0 Å². The summed E-state index contributed by atoms with van der Waals surface area (Å²) in [5.74, 6) is -1.94. The maximum absolute atomic E-state index is 13.1. The number of carbonyl (C=O) groups excluding carboxylic acids is 3. The minimum atomic E-state index is -1.74. The summed E-state index contributed by atoms with van der Waals surface area (Å²) in [6.45, 7) is 11.1. The number of hydrogen-bond donors (Lipinski definition) is 2. The normalized spacial score (nSPS) is 13.0. The number of carbonyl (C=O) groups is 3. The summed E-state index contributed by atoms with van der Waals surface area (Å²) in [4.78, 5) is 39.6. The number of benzene rings is 2. The highest BCUT2D eigenvalue weighted by atomic mass is 32.2. The Kier molecular flexibility index (Phi) is 8.93.